The summed E-state index contributed by atoms with van der Waals surface area (Å²) < 4.78 is 29.8. The van der Waals surface area contributed by atoms with Gasteiger partial charge in [0.1, 0.15) is 11.5 Å². The van der Waals surface area contributed by atoms with Crippen molar-refractivity contribution in [3.05, 3.63) is 22.3 Å². The predicted octanol–water partition coefficient (Wildman–Crippen LogP) is 2.36. The van der Waals surface area contributed by atoms with Gasteiger partial charge >= 0.3 is 5.97 Å². The molecule has 1 rings (SSSR count). The first kappa shape index (κ1) is 13.6. The molecule has 1 aromatic rings. The Bertz CT molecular complexity index is 427. The number of esters is 1. The summed E-state index contributed by atoms with van der Waals surface area (Å²) in [6.07, 6.45) is -3.05. The number of rotatable bonds is 4. The van der Waals surface area contributed by atoms with Gasteiger partial charge in [-0.15, -0.1) is 0 Å². The second-order valence-electron chi connectivity index (χ2n) is 3.19. The molecule has 4 nitrogen and oxygen atoms in total. The zero-order valence-corrected chi connectivity index (χ0v) is 9.80. The Morgan fingerprint density at radius 3 is 2.82 bits per heavy atom. The summed E-state index contributed by atoms with van der Waals surface area (Å²) in [6.45, 7) is 1.85. The summed E-state index contributed by atoms with van der Waals surface area (Å²) in [5, 5.41) is -0.248. The summed E-state index contributed by atoms with van der Waals surface area (Å²) in [4.78, 5) is 14.7. The van der Waals surface area contributed by atoms with Crippen molar-refractivity contribution in [2.24, 2.45) is 0 Å². The summed E-state index contributed by atoms with van der Waals surface area (Å²) in [5.74, 6) is -0.663. The molecule has 1 heterocycles. The highest BCUT2D eigenvalue weighted by molar-refractivity contribution is 6.32. The quantitative estimate of drug-likeness (QED) is 0.848. The molecule has 0 fully saturated rings. The normalized spacial score (nSPS) is 10.6. The molecule has 0 atom stereocenters. The minimum absolute atomic E-state index is 0.107. The molecule has 7 heteroatoms. The van der Waals surface area contributed by atoms with Gasteiger partial charge in [-0.3, -0.25) is 4.79 Å². The van der Waals surface area contributed by atoms with Crippen LogP contribution in [0.3, 0.4) is 0 Å². The molecule has 0 aliphatic heterocycles. The molecule has 2 N–H and O–H groups in total. The molecule has 0 bridgehead atoms. The van der Waals surface area contributed by atoms with E-state index in [0.717, 1.165) is 0 Å². The van der Waals surface area contributed by atoms with Gasteiger partial charge < -0.3 is 10.5 Å². The lowest BCUT2D eigenvalue weighted by atomic mass is 10.1. The first-order chi connectivity index (χ1) is 7.95. The van der Waals surface area contributed by atoms with Crippen LogP contribution in [0, 0.1) is 0 Å². The van der Waals surface area contributed by atoms with E-state index in [9.17, 15) is 13.6 Å². The zero-order valence-electron chi connectivity index (χ0n) is 9.04. The molecule has 94 valence electrons. The molecule has 0 saturated heterocycles. The second kappa shape index (κ2) is 5.77. The average molecular weight is 265 g/mol. The lowest BCUT2D eigenvalue weighted by Crippen LogP contribution is -2.10. The Hall–Kier alpha value is -1.43. The summed E-state index contributed by atoms with van der Waals surface area (Å²) in [7, 11) is 0. The molecule has 0 aromatic carbocycles. The van der Waals surface area contributed by atoms with Crippen molar-refractivity contribution in [3.63, 3.8) is 0 Å². The number of hydrogen-bond donors (Lipinski definition) is 1. The van der Waals surface area contributed by atoms with Crippen LogP contribution in [0.15, 0.2) is 6.07 Å². The SMILES string of the molecule is CCOC(=O)Cc1cc(N)nc(C(F)F)c1Cl. The number of hydrogen-bond acceptors (Lipinski definition) is 4. The molecule has 0 aliphatic carbocycles. The Morgan fingerprint density at radius 2 is 2.29 bits per heavy atom. The van der Waals surface area contributed by atoms with Crippen LogP contribution in [0.5, 0.6) is 0 Å². The maximum atomic E-state index is 12.6. The number of anilines is 1. The molecule has 1 aromatic heterocycles. The maximum absolute atomic E-state index is 12.6. The van der Waals surface area contributed by atoms with Crippen molar-refractivity contribution >= 4 is 23.4 Å². The van der Waals surface area contributed by atoms with Crippen LogP contribution >= 0.6 is 11.6 Å². The second-order valence-corrected chi connectivity index (χ2v) is 3.57. The zero-order chi connectivity index (χ0) is 13.0. The molecule has 17 heavy (non-hydrogen) atoms. The number of carbonyl (C=O) groups is 1. The Balaban J connectivity index is 3.03. The van der Waals surface area contributed by atoms with E-state index in [0.29, 0.717) is 0 Å². The van der Waals surface area contributed by atoms with Gasteiger partial charge in [-0.2, -0.15) is 0 Å². The Morgan fingerprint density at radius 1 is 1.65 bits per heavy atom. The third-order valence-corrected chi connectivity index (χ3v) is 2.36. The van der Waals surface area contributed by atoms with E-state index in [4.69, 9.17) is 22.1 Å². The van der Waals surface area contributed by atoms with E-state index in [1.54, 1.807) is 6.92 Å². The number of nitrogens with zero attached hydrogens (tertiary/aromatic N) is 1. The highest BCUT2D eigenvalue weighted by atomic mass is 35.5. The minimum Gasteiger partial charge on any atom is -0.466 e. The number of ether oxygens (including phenoxy) is 1. The van der Waals surface area contributed by atoms with Gasteiger partial charge in [0.2, 0.25) is 0 Å². The first-order valence-corrected chi connectivity index (χ1v) is 5.22. The first-order valence-electron chi connectivity index (χ1n) is 4.84. The fourth-order valence-corrected chi connectivity index (χ4v) is 1.51. The van der Waals surface area contributed by atoms with Crippen LogP contribution in [0.2, 0.25) is 5.02 Å². The van der Waals surface area contributed by atoms with Gasteiger partial charge in [0.15, 0.2) is 0 Å². The van der Waals surface area contributed by atoms with Gasteiger partial charge in [-0.25, -0.2) is 13.8 Å². The number of pyridine rings is 1. The number of alkyl halides is 2. The van der Waals surface area contributed by atoms with E-state index >= 15 is 0 Å². The molecule has 0 amide bonds. The highest BCUT2D eigenvalue weighted by Gasteiger charge is 2.19. The number of aromatic nitrogens is 1. The maximum Gasteiger partial charge on any atom is 0.310 e. The fraction of sp³-hybridized carbons (Fsp3) is 0.400. The standard InChI is InChI=1S/C10H11ClF2N2O2/c1-2-17-7(16)4-5-3-6(14)15-9(8(5)11)10(12)13/h3,10H,2,4H2,1H3,(H2,14,15). The lowest BCUT2D eigenvalue weighted by molar-refractivity contribution is -0.142. The van der Waals surface area contributed by atoms with Crippen molar-refractivity contribution in [1.29, 1.82) is 0 Å². The molecule has 0 saturated carbocycles. The van der Waals surface area contributed by atoms with Crippen molar-refractivity contribution in [1.82, 2.24) is 4.98 Å². The van der Waals surface area contributed by atoms with Crippen LogP contribution in [-0.4, -0.2) is 17.6 Å². The van der Waals surface area contributed by atoms with Crippen LogP contribution in [-0.2, 0) is 16.0 Å². The van der Waals surface area contributed by atoms with E-state index in [2.05, 4.69) is 4.98 Å². The third-order valence-electron chi connectivity index (χ3n) is 1.93. The predicted molar refractivity (Wildman–Crippen MR) is 59.0 cm³/mol. The van der Waals surface area contributed by atoms with Gasteiger partial charge in [-0.1, -0.05) is 11.6 Å². The van der Waals surface area contributed by atoms with E-state index < -0.39 is 18.1 Å². The average Bonchev–Trinajstić information content (AvgIpc) is 2.22. The number of halogens is 3. The van der Waals surface area contributed by atoms with Crippen molar-refractivity contribution in [2.45, 2.75) is 19.8 Å². The monoisotopic (exact) mass is 264 g/mol. The summed E-state index contributed by atoms with van der Waals surface area (Å²) >= 11 is 5.71. The minimum atomic E-state index is -2.84. The summed E-state index contributed by atoms with van der Waals surface area (Å²) in [6, 6.07) is 1.28. The third kappa shape index (κ3) is 3.52. The van der Waals surface area contributed by atoms with Gasteiger partial charge in [0.25, 0.3) is 6.43 Å². The van der Waals surface area contributed by atoms with Crippen molar-refractivity contribution in [2.75, 3.05) is 12.3 Å². The van der Waals surface area contributed by atoms with E-state index in [1.807, 2.05) is 0 Å². The molecular formula is C10H11ClF2N2O2. The van der Waals surface area contributed by atoms with Crippen molar-refractivity contribution in [3.8, 4) is 0 Å². The molecule has 0 aliphatic rings. The Kier molecular flexibility index (Phi) is 4.62. The van der Waals surface area contributed by atoms with Crippen LogP contribution in [0.1, 0.15) is 24.6 Å². The largest absolute Gasteiger partial charge is 0.466 e. The molecular weight excluding hydrogens is 254 g/mol. The molecule has 0 spiro atoms. The van der Waals surface area contributed by atoms with E-state index in [-0.39, 0.29) is 29.4 Å². The fourth-order valence-electron chi connectivity index (χ4n) is 1.27. The molecule has 0 radical (unpaired) electrons. The Labute approximate surface area is 102 Å². The number of carbonyl (C=O) groups excluding carboxylic acids is 1. The summed E-state index contributed by atoms with van der Waals surface area (Å²) in [5.41, 5.74) is 4.93. The van der Waals surface area contributed by atoms with Gasteiger partial charge in [0.05, 0.1) is 18.1 Å². The van der Waals surface area contributed by atoms with Crippen LogP contribution < -0.4 is 5.73 Å². The lowest BCUT2D eigenvalue weighted by Gasteiger charge is -2.09. The van der Waals surface area contributed by atoms with Gasteiger partial charge in [0, 0.05) is 0 Å². The van der Waals surface area contributed by atoms with Crippen molar-refractivity contribution < 1.29 is 18.3 Å². The molecule has 0 unspecified atom stereocenters. The van der Waals surface area contributed by atoms with Crippen LogP contribution in [0.4, 0.5) is 14.6 Å². The van der Waals surface area contributed by atoms with E-state index in [1.165, 1.54) is 6.07 Å². The number of nitrogens with two attached hydrogens (primary N) is 1. The van der Waals surface area contributed by atoms with Gasteiger partial charge in [-0.05, 0) is 18.6 Å². The number of nitrogen functional groups attached to an aromatic ring is 1. The highest BCUT2D eigenvalue weighted by Crippen LogP contribution is 2.29. The topological polar surface area (TPSA) is 65.2 Å². The van der Waals surface area contributed by atoms with Crippen LogP contribution in [0.25, 0.3) is 0 Å². The smallest absolute Gasteiger partial charge is 0.310 e.